The number of hydrogen-bond donors (Lipinski definition) is 2. The van der Waals surface area contributed by atoms with Crippen LogP contribution in [0.4, 0.5) is 0 Å². The Morgan fingerprint density at radius 2 is 1.43 bits per heavy atom. The Morgan fingerprint density at radius 1 is 1.43 bits per heavy atom. The molecule has 0 saturated heterocycles. The molecule has 0 saturated carbocycles. The van der Waals surface area contributed by atoms with Gasteiger partial charge in [-0.3, -0.25) is 0 Å². The van der Waals surface area contributed by atoms with Crippen molar-refractivity contribution in [1.29, 1.82) is 0 Å². The minimum atomic E-state index is -3.12. The Balaban J connectivity index is -0.0000000800. The Kier molecular flexibility index (Phi) is 11.1. The normalized spacial score (nSPS) is 8.43. The van der Waals surface area contributed by atoms with E-state index in [1.165, 1.54) is 11.4 Å². The van der Waals surface area contributed by atoms with E-state index in [0.717, 1.165) is 0 Å². The summed E-state index contributed by atoms with van der Waals surface area (Å²) in [6.07, 6.45) is 0. The molecule has 0 aliphatic carbocycles. The molecule has 0 atom stereocenters. The minimum absolute atomic E-state index is 0. The second-order valence-corrected chi connectivity index (χ2v) is 6.72. The summed E-state index contributed by atoms with van der Waals surface area (Å²) in [4.78, 5) is 0. The van der Waals surface area contributed by atoms with Gasteiger partial charge in [0.05, 0.1) is 0 Å². The Morgan fingerprint density at radius 3 is 1.43 bits per heavy atom. The fourth-order valence-corrected chi connectivity index (χ4v) is 0. The van der Waals surface area contributed by atoms with Crippen LogP contribution in [0.1, 0.15) is 0 Å². The molecule has 0 unspecified atom stereocenters. The zero-order valence-corrected chi connectivity index (χ0v) is 7.34. The standard InChI is InChI=1S/C2H7AsO2.Fe.H3N/c1-3(2,4)5;;/h1-2H3,(H,4,5);;1H3. The van der Waals surface area contributed by atoms with Gasteiger partial charge in [-0.2, -0.15) is 0 Å². The van der Waals surface area contributed by atoms with Crippen molar-refractivity contribution in [3.05, 3.63) is 0 Å². The van der Waals surface area contributed by atoms with Gasteiger partial charge in [0, 0.05) is 17.1 Å². The van der Waals surface area contributed by atoms with Crippen molar-refractivity contribution in [3.63, 3.8) is 0 Å². The fourth-order valence-electron chi connectivity index (χ4n) is 0. The first-order valence-electron chi connectivity index (χ1n) is 1.28. The topological polar surface area (TPSA) is 72.3 Å². The monoisotopic (exact) mass is 211 g/mol. The molecule has 0 aromatic carbocycles. The van der Waals surface area contributed by atoms with Crippen LogP contribution in [-0.4, -0.2) is 17.9 Å². The Labute approximate surface area is 56.6 Å². The van der Waals surface area contributed by atoms with Gasteiger partial charge in [0.2, 0.25) is 0 Å². The van der Waals surface area contributed by atoms with Gasteiger partial charge in [-0.15, -0.1) is 0 Å². The van der Waals surface area contributed by atoms with Crippen LogP contribution in [0.3, 0.4) is 0 Å². The summed E-state index contributed by atoms with van der Waals surface area (Å²) in [6, 6.07) is 0. The summed E-state index contributed by atoms with van der Waals surface area (Å²) < 4.78 is 18.0. The molecule has 48 valence electrons. The van der Waals surface area contributed by atoms with Crippen LogP contribution in [0.25, 0.3) is 0 Å². The predicted octanol–water partition coefficient (Wildman–Crippen LogP) is 0.270. The van der Waals surface area contributed by atoms with Gasteiger partial charge in [-0.05, 0) is 0 Å². The largest absolute Gasteiger partial charge is 0.344 e. The van der Waals surface area contributed by atoms with E-state index in [4.69, 9.17) is 4.10 Å². The summed E-state index contributed by atoms with van der Waals surface area (Å²) in [6.45, 7) is 0. The molecule has 5 heteroatoms. The van der Waals surface area contributed by atoms with Crippen LogP contribution in [0, 0.1) is 0 Å². The molecule has 0 bridgehead atoms. The number of rotatable bonds is 0. The SMILES string of the molecule is C[As](C)(=O)O.N.[Fe]. The van der Waals surface area contributed by atoms with Crippen LogP contribution in [-0.2, 0) is 20.8 Å². The van der Waals surface area contributed by atoms with Crippen LogP contribution in [0.5, 0.6) is 0 Å². The van der Waals surface area contributed by atoms with Crippen LogP contribution in [0.15, 0.2) is 0 Å². The van der Waals surface area contributed by atoms with Crippen molar-refractivity contribution in [1.82, 2.24) is 6.15 Å². The molecule has 0 aromatic rings. The molecule has 0 aromatic heterocycles. The molecule has 0 radical (unpaired) electrons. The fraction of sp³-hybridized carbons (Fsp3) is 1.00. The van der Waals surface area contributed by atoms with Gasteiger partial charge in [-0.25, -0.2) is 0 Å². The number of hydrogen-bond acceptors (Lipinski definition) is 2. The van der Waals surface area contributed by atoms with Gasteiger partial charge >= 0.3 is 33.1 Å². The second kappa shape index (κ2) is 4.95. The third kappa shape index (κ3) is 246. The average molecular weight is 211 g/mol. The summed E-state index contributed by atoms with van der Waals surface area (Å²) in [5, 5.41) is 0. The molecule has 0 aliphatic heterocycles. The van der Waals surface area contributed by atoms with Crippen LogP contribution < -0.4 is 6.15 Å². The molecule has 0 rings (SSSR count). The van der Waals surface area contributed by atoms with E-state index in [1.807, 2.05) is 0 Å². The van der Waals surface area contributed by atoms with Crippen molar-refractivity contribution in [2.75, 3.05) is 0 Å². The Hall–Kier alpha value is 0.798. The smallest absolute Gasteiger partial charge is 0 e. The zero-order chi connectivity index (χ0) is 4.50. The van der Waals surface area contributed by atoms with Crippen molar-refractivity contribution in [2.24, 2.45) is 0 Å². The first kappa shape index (κ1) is 15.7. The van der Waals surface area contributed by atoms with Crippen molar-refractivity contribution >= 4 is 13.8 Å². The van der Waals surface area contributed by atoms with E-state index in [1.54, 1.807) is 0 Å². The summed E-state index contributed by atoms with van der Waals surface area (Å²) in [5.41, 5.74) is 2.72. The van der Waals surface area contributed by atoms with E-state index in [0.29, 0.717) is 0 Å². The van der Waals surface area contributed by atoms with Crippen LogP contribution in [0.2, 0.25) is 11.4 Å². The minimum Gasteiger partial charge on any atom is -0.344 e. The molecule has 4 N–H and O–H groups in total. The Bertz CT molecular complexity index is 61.8. The molecular weight excluding hydrogens is 201 g/mol. The third-order valence-electron chi connectivity index (χ3n) is 0. The van der Waals surface area contributed by atoms with Gasteiger partial charge in [-0.1, -0.05) is 0 Å². The predicted molar refractivity (Wildman–Crippen MR) is 25.4 cm³/mol. The molecule has 0 amide bonds. The third-order valence-corrected chi connectivity index (χ3v) is 0. The maximum atomic E-state index is 9.83. The van der Waals surface area contributed by atoms with E-state index in [-0.39, 0.29) is 23.2 Å². The summed E-state index contributed by atoms with van der Waals surface area (Å²) >= 11 is -3.12. The van der Waals surface area contributed by atoms with Crippen molar-refractivity contribution in [3.8, 4) is 0 Å². The van der Waals surface area contributed by atoms with E-state index in [9.17, 15) is 3.74 Å². The molecular formula is C2H10AsFeNO2. The molecule has 3 nitrogen and oxygen atoms in total. The summed E-state index contributed by atoms with van der Waals surface area (Å²) in [7, 11) is 0. The van der Waals surface area contributed by atoms with Crippen LogP contribution >= 0.6 is 0 Å². The van der Waals surface area contributed by atoms with Gasteiger partial charge < -0.3 is 6.15 Å². The van der Waals surface area contributed by atoms with E-state index >= 15 is 0 Å². The molecule has 0 heterocycles. The average Bonchev–Trinajstić information content (AvgIpc) is 0.722. The van der Waals surface area contributed by atoms with Gasteiger partial charge in [0.15, 0.2) is 0 Å². The van der Waals surface area contributed by atoms with Crippen molar-refractivity contribution in [2.45, 2.75) is 11.4 Å². The van der Waals surface area contributed by atoms with Crippen molar-refractivity contribution < 1.29 is 24.9 Å². The van der Waals surface area contributed by atoms with Gasteiger partial charge in [0.1, 0.15) is 0 Å². The molecule has 7 heavy (non-hydrogen) atoms. The van der Waals surface area contributed by atoms with E-state index in [2.05, 4.69) is 0 Å². The molecule has 0 spiro atoms. The maximum absolute atomic E-state index is 9.83. The first-order chi connectivity index (χ1) is 2.00. The molecule has 0 aliphatic rings. The maximum Gasteiger partial charge on any atom is 0 e. The summed E-state index contributed by atoms with van der Waals surface area (Å²) in [5.74, 6) is 0. The molecule has 0 fully saturated rings. The van der Waals surface area contributed by atoms with E-state index < -0.39 is 13.8 Å². The quantitative estimate of drug-likeness (QED) is 0.564. The first-order valence-corrected chi connectivity index (χ1v) is 6.64. The zero-order valence-electron chi connectivity index (χ0n) is 4.36. The second-order valence-electron chi connectivity index (χ2n) is 1.29. The van der Waals surface area contributed by atoms with Gasteiger partial charge in [0.25, 0.3) is 0 Å².